The topological polar surface area (TPSA) is 15.3 Å². The van der Waals surface area contributed by atoms with Gasteiger partial charge in [-0.15, -0.1) is 0 Å². The summed E-state index contributed by atoms with van der Waals surface area (Å²) in [4.78, 5) is 1.76. The molecule has 0 amide bonds. The number of halogens is 2. The normalized spacial score (nSPS) is 12.7. The molecule has 1 N–H and O–H groups in total. The Balaban J connectivity index is 4.27. The van der Waals surface area contributed by atoms with Crippen LogP contribution in [-0.2, 0) is 0 Å². The number of rotatable bonds is 10. The third kappa shape index (κ3) is 6.94. The predicted molar refractivity (Wildman–Crippen MR) is 69.7 cm³/mol. The Morgan fingerprint density at radius 1 is 1.18 bits per heavy atom. The Morgan fingerprint density at radius 3 is 2.18 bits per heavy atom. The van der Waals surface area contributed by atoms with Gasteiger partial charge in [-0.1, -0.05) is 20.8 Å². The van der Waals surface area contributed by atoms with E-state index in [2.05, 4.69) is 26.1 Å². The van der Waals surface area contributed by atoms with E-state index in [-0.39, 0.29) is 12.0 Å². The van der Waals surface area contributed by atoms with Crippen molar-refractivity contribution in [1.82, 2.24) is 10.2 Å². The maximum atomic E-state index is 12.3. The Hall–Kier alpha value is -0.220. The minimum Gasteiger partial charge on any atom is -0.316 e. The van der Waals surface area contributed by atoms with Gasteiger partial charge in [-0.05, 0) is 38.3 Å². The maximum Gasteiger partial charge on any atom is 0.251 e. The highest BCUT2D eigenvalue weighted by atomic mass is 19.3. The van der Waals surface area contributed by atoms with Crippen LogP contribution in [0.4, 0.5) is 8.78 Å². The van der Waals surface area contributed by atoms with Crippen molar-refractivity contribution in [3.63, 3.8) is 0 Å². The van der Waals surface area contributed by atoms with Crippen molar-refractivity contribution in [1.29, 1.82) is 0 Å². The molecule has 0 radical (unpaired) electrons. The van der Waals surface area contributed by atoms with Gasteiger partial charge in [0.1, 0.15) is 0 Å². The van der Waals surface area contributed by atoms with E-state index in [1.54, 1.807) is 11.9 Å². The zero-order chi connectivity index (χ0) is 13.3. The van der Waals surface area contributed by atoms with Gasteiger partial charge in [0.05, 0.1) is 6.54 Å². The summed E-state index contributed by atoms with van der Waals surface area (Å²) >= 11 is 0. The Labute approximate surface area is 105 Å². The summed E-state index contributed by atoms with van der Waals surface area (Å²) < 4.78 is 24.6. The SMILES string of the molecule is CCCNCC(CC)(CC)CN(C)CC(F)F. The molecule has 0 aliphatic carbocycles. The highest BCUT2D eigenvalue weighted by Gasteiger charge is 2.27. The second-order valence-electron chi connectivity index (χ2n) is 4.97. The average Bonchev–Trinajstić information content (AvgIpc) is 2.27. The second kappa shape index (κ2) is 8.81. The van der Waals surface area contributed by atoms with Crippen molar-refractivity contribution in [3.05, 3.63) is 0 Å². The van der Waals surface area contributed by atoms with Gasteiger partial charge in [0.25, 0.3) is 6.43 Å². The lowest BCUT2D eigenvalue weighted by Crippen LogP contribution is -2.43. The molecule has 17 heavy (non-hydrogen) atoms. The largest absolute Gasteiger partial charge is 0.316 e. The minimum atomic E-state index is -2.24. The molecule has 0 saturated heterocycles. The molecule has 104 valence electrons. The highest BCUT2D eigenvalue weighted by molar-refractivity contribution is 4.82. The van der Waals surface area contributed by atoms with Gasteiger partial charge in [0.15, 0.2) is 0 Å². The van der Waals surface area contributed by atoms with E-state index >= 15 is 0 Å². The molecule has 0 heterocycles. The lowest BCUT2D eigenvalue weighted by atomic mass is 9.81. The first kappa shape index (κ1) is 16.8. The van der Waals surface area contributed by atoms with Crippen LogP contribution in [0.15, 0.2) is 0 Å². The van der Waals surface area contributed by atoms with Gasteiger partial charge in [-0.25, -0.2) is 8.78 Å². The first-order valence-corrected chi connectivity index (χ1v) is 6.67. The summed E-state index contributed by atoms with van der Waals surface area (Å²) in [5.74, 6) is 0. The van der Waals surface area contributed by atoms with Crippen LogP contribution in [0.2, 0.25) is 0 Å². The lowest BCUT2D eigenvalue weighted by Gasteiger charge is -2.36. The van der Waals surface area contributed by atoms with Crippen molar-refractivity contribution in [2.24, 2.45) is 5.41 Å². The van der Waals surface area contributed by atoms with Gasteiger partial charge >= 0.3 is 0 Å². The fraction of sp³-hybridized carbons (Fsp3) is 1.00. The molecule has 0 unspecified atom stereocenters. The summed E-state index contributed by atoms with van der Waals surface area (Å²) in [5.41, 5.74) is 0.124. The lowest BCUT2D eigenvalue weighted by molar-refractivity contribution is 0.0712. The molecule has 2 nitrogen and oxygen atoms in total. The quantitative estimate of drug-likeness (QED) is 0.600. The number of hydrogen-bond acceptors (Lipinski definition) is 2. The van der Waals surface area contributed by atoms with E-state index in [4.69, 9.17) is 0 Å². The average molecular weight is 250 g/mol. The predicted octanol–water partition coefficient (Wildman–Crippen LogP) is 2.99. The zero-order valence-electron chi connectivity index (χ0n) is 11.7. The van der Waals surface area contributed by atoms with Crippen molar-refractivity contribution < 1.29 is 8.78 Å². The van der Waals surface area contributed by atoms with Crippen LogP contribution in [0.1, 0.15) is 40.0 Å². The molecule has 0 aliphatic rings. The molecule has 0 aromatic heterocycles. The van der Waals surface area contributed by atoms with Crippen LogP contribution in [-0.4, -0.2) is 44.6 Å². The highest BCUT2D eigenvalue weighted by Crippen LogP contribution is 2.26. The molecule has 0 aromatic carbocycles. The van der Waals surface area contributed by atoms with Gasteiger partial charge in [0, 0.05) is 13.1 Å². The van der Waals surface area contributed by atoms with Crippen molar-refractivity contribution in [2.75, 3.05) is 33.2 Å². The minimum absolute atomic E-state index is 0.124. The number of nitrogens with zero attached hydrogens (tertiary/aromatic N) is 1. The molecule has 0 spiro atoms. The summed E-state index contributed by atoms with van der Waals surface area (Å²) in [6.07, 6.45) is 0.910. The molecular weight excluding hydrogens is 222 g/mol. The van der Waals surface area contributed by atoms with E-state index in [1.165, 1.54) is 0 Å². The first-order valence-electron chi connectivity index (χ1n) is 6.67. The molecule has 4 heteroatoms. The van der Waals surface area contributed by atoms with Crippen molar-refractivity contribution in [3.8, 4) is 0 Å². The Morgan fingerprint density at radius 2 is 1.76 bits per heavy atom. The molecular formula is C13H28F2N2. The van der Waals surface area contributed by atoms with E-state index in [9.17, 15) is 8.78 Å². The molecule has 0 rings (SSSR count). The van der Waals surface area contributed by atoms with Gasteiger partial charge in [-0.3, -0.25) is 0 Å². The van der Waals surface area contributed by atoms with Gasteiger partial charge < -0.3 is 10.2 Å². The van der Waals surface area contributed by atoms with Crippen LogP contribution in [0.5, 0.6) is 0 Å². The summed E-state index contributed by atoms with van der Waals surface area (Å²) in [6.45, 7) is 8.95. The van der Waals surface area contributed by atoms with Crippen molar-refractivity contribution >= 4 is 0 Å². The molecule has 0 aliphatic heterocycles. The first-order chi connectivity index (χ1) is 7.99. The smallest absolute Gasteiger partial charge is 0.251 e. The fourth-order valence-electron chi connectivity index (χ4n) is 2.18. The van der Waals surface area contributed by atoms with Crippen LogP contribution >= 0.6 is 0 Å². The molecule has 0 atom stereocenters. The third-order valence-electron chi connectivity index (χ3n) is 3.48. The van der Waals surface area contributed by atoms with Crippen LogP contribution in [0, 0.1) is 5.41 Å². The maximum absolute atomic E-state index is 12.3. The summed E-state index contributed by atoms with van der Waals surface area (Å²) in [7, 11) is 1.78. The van der Waals surface area contributed by atoms with Crippen LogP contribution < -0.4 is 5.32 Å². The monoisotopic (exact) mass is 250 g/mol. The van der Waals surface area contributed by atoms with E-state index in [0.717, 1.165) is 38.9 Å². The van der Waals surface area contributed by atoms with E-state index in [1.807, 2.05) is 0 Å². The number of nitrogens with one attached hydrogen (secondary N) is 1. The number of alkyl halides is 2. The number of hydrogen-bond donors (Lipinski definition) is 1. The molecule has 0 bridgehead atoms. The second-order valence-corrected chi connectivity index (χ2v) is 4.97. The molecule has 0 aromatic rings. The van der Waals surface area contributed by atoms with Crippen LogP contribution in [0.3, 0.4) is 0 Å². The van der Waals surface area contributed by atoms with Crippen LogP contribution in [0.25, 0.3) is 0 Å². The summed E-state index contributed by atoms with van der Waals surface area (Å²) in [6, 6.07) is 0. The van der Waals surface area contributed by atoms with Crippen molar-refractivity contribution in [2.45, 2.75) is 46.5 Å². The Kier molecular flexibility index (Phi) is 8.70. The summed E-state index contributed by atoms with van der Waals surface area (Å²) in [5, 5.41) is 3.42. The fourth-order valence-corrected chi connectivity index (χ4v) is 2.18. The van der Waals surface area contributed by atoms with E-state index < -0.39 is 6.43 Å². The van der Waals surface area contributed by atoms with Gasteiger partial charge in [0.2, 0.25) is 0 Å². The van der Waals surface area contributed by atoms with Gasteiger partial charge in [-0.2, -0.15) is 0 Å². The molecule has 0 fully saturated rings. The van der Waals surface area contributed by atoms with E-state index in [0.29, 0.717) is 0 Å². The third-order valence-corrected chi connectivity index (χ3v) is 3.48. The zero-order valence-corrected chi connectivity index (χ0v) is 11.7. The Bertz CT molecular complexity index is 182. The molecule has 0 saturated carbocycles. The standard InChI is InChI=1S/C13H28F2N2/c1-5-8-16-10-13(6-2,7-3)11-17(4)9-12(14)15/h12,16H,5-11H2,1-4H3.